The molecule has 1 atom stereocenters. The standard InChI is InChI=1S/C16H22N6O2/c1-22-13(7-8-18-22)12(9-24-2)19-15(23)14-10-5-3-4-6-11(10)20-16(17)21-14/h7-8,12H,3-6,9H2,1-2H3,(H,19,23)(H2,17,20,21). The number of nitrogens with two attached hydrogens (primary N) is 1. The predicted molar refractivity (Wildman–Crippen MR) is 88.4 cm³/mol. The number of rotatable bonds is 5. The van der Waals surface area contributed by atoms with Crippen LogP contribution in [-0.4, -0.2) is 39.4 Å². The number of anilines is 1. The van der Waals surface area contributed by atoms with Gasteiger partial charge in [-0.25, -0.2) is 9.97 Å². The number of fused-ring (bicyclic) bond motifs is 1. The largest absolute Gasteiger partial charge is 0.382 e. The van der Waals surface area contributed by atoms with Gasteiger partial charge in [-0.05, 0) is 31.7 Å². The molecule has 0 spiro atoms. The average molecular weight is 330 g/mol. The van der Waals surface area contributed by atoms with E-state index in [0.29, 0.717) is 12.3 Å². The maximum absolute atomic E-state index is 12.8. The third-order valence-electron chi connectivity index (χ3n) is 4.27. The van der Waals surface area contributed by atoms with Crippen LogP contribution in [0.1, 0.15) is 46.3 Å². The van der Waals surface area contributed by atoms with Gasteiger partial charge < -0.3 is 15.8 Å². The lowest BCUT2D eigenvalue weighted by atomic mass is 9.94. The number of hydrogen-bond donors (Lipinski definition) is 2. The molecule has 0 radical (unpaired) electrons. The Morgan fingerprint density at radius 1 is 1.42 bits per heavy atom. The summed E-state index contributed by atoms with van der Waals surface area (Å²) >= 11 is 0. The Kier molecular flexibility index (Phi) is 4.75. The molecule has 0 aliphatic heterocycles. The van der Waals surface area contributed by atoms with Crippen LogP contribution in [0.4, 0.5) is 5.95 Å². The minimum absolute atomic E-state index is 0.143. The maximum atomic E-state index is 12.8. The van der Waals surface area contributed by atoms with E-state index < -0.39 is 0 Å². The number of carbonyl (C=O) groups excluding carboxylic acids is 1. The van der Waals surface area contributed by atoms with Crippen molar-refractivity contribution < 1.29 is 9.53 Å². The first-order chi connectivity index (χ1) is 11.6. The Labute approximate surface area is 140 Å². The molecule has 2 aromatic rings. The molecule has 0 fully saturated rings. The molecule has 0 aromatic carbocycles. The molecular weight excluding hydrogens is 308 g/mol. The van der Waals surface area contributed by atoms with E-state index in [1.165, 1.54) is 0 Å². The summed E-state index contributed by atoms with van der Waals surface area (Å²) in [4.78, 5) is 21.3. The lowest BCUT2D eigenvalue weighted by Gasteiger charge is -2.21. The van der Waals surface area contributed by atoms with Gasteiger partial charge in [-0.3, -0.25) is 9.48 Å². The van der Waals surface area contributed by atoms with Crippen LogP contribution in [0.2, 0.25) is 0 Å². The Morgan fingerprint density at radius 2 is 2.21 bits per heavy atom. The zero-order valence-electron chi connectivity index (χ0n) is 14.0. The zero-order chi connectivity index (χ0) is 17.1. The average Bonchev–Trinajstić information content (AvgIpc) is 2.99. The van der Waals surface area contributed by atoms with E-state index in [9.17, 15) is 4.79 Å². The first kappa shape index (κ1) is 16.4. The predicted octanol–water partition coefficient (Wildman–Crippen LogP) is 0.789. The number of nitrogens with zero attached hydrogens (tertiary/aromatic N) is 4. The van der Waals surface area contributed by atoms with Crippen LogP contribution in [0.3, 0.4) is 0 Å². The molecule has 8 heteroatoms. The number of carbonyl (C=O) groups is 1. The number of nitrogen functional groups attached to an aromatic ring is 1. The number of nitrogens with one attached hydrogen (secondary N) is 1. The van der Waals surface area contributed by atoms with Crippen molar-refractivity contribution >= 4 is 11.9 Å². The van der Waals surface area contributed by atoms with Gasteiger partial charge in [-0.2, -0.15) is 5.10 Å². The van der Waals surface area contributed by atoms with Crippen molar-refractivity contribution in [2.75, 3.05) is 19.5 Å². The fourth-order valence-electron chi connectivity index (χ4n) is 3.12. The van der Waals surface area contributed by atoms with Crippen molar-refractivity contribution in [3.63, 3.8) is 0 Å². The van der Waals surface area contributed by atoms with Crippen LogP contribution in [0, 0.1) is 0 Å². The SMILES string of the molecule is COCC(NC(=O)c1nc(N)nc2c1CCCC2)c1ccnn1C. The molecule has 0 saturated carbocycles. The summed E-state index contributed by atoms with van der Waals surface area (Å²) in [5.74, 6) is -0.116. The lowest BCUT2D eigenvalue weighted by molar-refractivity contribution is 0.0886. The summed E-state index contributed by atoms with van der Waals surface area (Å²) in [6.07, 6.45) is 5.43. The number of aromatic nitrogens is 4. The lowest BCUT2D eigenvalue weighted by Crippen LogP contribution is -2.34. The van der Waals surface area contributed by atoms with E-state index in [2.05, 4.69) is 20.4 Å². The summed E-state index contributed by atoms with van der Waals surface area (Å²) in [6, 6.07) is 1.54. The molecule has 3 rings (SSSR count). The van der Waals surface area contributed by atoms with E-state index in [4.69, 9.17) is 10.5 Å². The van der Waals surface area contributed by atoms with E-state index in [-0.39, 0.29) is 17.9 Å². The molecule has 24 heavy (non-hydrogen) atoms. The second-order valence-electron chi connectivity index (χ2n) is 5.92. The molecule has 3 N–H and O–H groups in total. The highest BCUT2D eigenvalue weighted by molar-refractivity contribution is 5.94. The summed E-state index contributed by atoms with van der Waals surface area (Å²) in [6.45, 7) is 0.341. The van der Waals surface area contributed by atoms with Gasteiger partial charge in [0.1, 0.15) is 5.69 Å². The molecule has 1 unspecified atom stereocenters. The molecule has 0 saturated heterocycles. The topological polar surface area (TPSA) is 108 Å². The molecule has 1 aliphatic rings. The van der Waals surface area contributed by atoms with E-state index in [1.807, 2.05) is 13.1 Å². The zero-order valence-corrected chi connectivity index (χ0v) is 14.0. The van der Waals surface area contributed by atoms with Gasteiger partial charge >= 0.3 is 0 Å². The van der Waals surface area contributed by atoms with Crippen LogP contribution in [-0.2, 0) is 24.6 Å². The fourth-order valence-corrected chi connectivity index (χ4v) is 3.12. The third-order valence-corrected chi connectivity index (χ3v) is 4.27. The van der Waals surface area contributed by atoms with Gasteiger partial charge in [0.2, 0.25) is 5.95 Å². The second kappa shape index (κ2) is 6.96. The molecule has 2 heterocycles. The number of amides is 1. The Balaban J connectivity index is 1.88. The van der Waals surface area contributed by atoms with E-state index in [0.717, 1.165) is 42.6 Å². The highest BCUT2D eigenvalue weighted by atomic mass is 16.5. The second-order valence-corrected chi connectivity index (χ2v) is 5.92. The van der Waals surface area contributed by atoms with Crippen LogP contribution in [0.5, 0.6) is 0 Å². The van der Waals surface area contributed by atoms with Crippen molar-refractivity contribution in [3.8, 4) is 0 Å². The number of methoxy groups -OCH3 is 1. The van der Waals surface area contributed by atoms with Gasteiger partial charge in [0.05, 0.1) is 18.3 Å². The van der Waals surface area contributed by atoms with Crippen molar-refractivity contribution in [3.05, 3.63) is 34.9 Å². The summed E-state index contributed by atoms with van der Waals surface area (Å²) in [7, 11) is 3.43. The van der Waals surface area contributed by atoms with Crippen LogP contribution in [0.15, 0.2) is 12.3 Å². The Morgan fingerprint density at radius 3 is 2.92 bits per heavy atom. The highest BCUT2D eigenvalue weighted by Crippen LogP contribution is 2.23. The van der Waals surface area contributed by atoms with Gasteiger partial charge in [0.25, 0.3) is 5.91 Å². The maximum Gasteiger partial charge on any atom is 0.270 e. The van der Waals surface area contributed by atoms with E-state index in [1.54, 1.807) is 18.0 Å². The smallest absolute Gasteiger partial charge is 0.270 e. The molecule has 0 bridgehead atoms. The first-order valence-corrected chi connectivity index (χ1v) is 8.03. The van der Waals surface area contributed by atoms with Crippen LogP contribution in [0.25, 0.3) is 0 Å². The van der Waals surface area contributed by atoms with Crippen molar-refractivity contribution in [2.45, 2.75) is 31.7 Å². The Bertz CT molecular complexity index is 742. The highest BCUT2D eigenvalue weighted by Gasteiger charge is 2.25. The normalized spacial score (nSPS) is 14.9. The number of hydrogen-bond acceptors (Lipinski definition) is 6. The van der Waals surface area contributed by atoms with E-state index >= 15 is 0 Å². The molecule has 1 aliphatic carbocycles. The fraction of sp³-hybridized carbons (Fsp3) is 0.500. The first-order valence-electron chi connectivity index (χ1n) is 8.03. The minimum atomic E-state index is -0.314. The monoisotopic (exact) mass is 330 g/mol. The quantitative estimate of drug-likeness (QED) is 0.839. The molecule has 2 aromatic heterocycles. The van der Waals surface area contributed by atoms with Gasteiger partial charge in [0, 0.05) is 31.6 Å². The molecule has 128 valence electrons. The molecule has 1 amide bonds. The van der Waals surface area contributed by atoms with Crippen molar-refractivity contribution in [1.82, 2.24) is 25.1 Å². The van der Waals surface area contributed by atoms with Gasteiger partial charge in [0.15, 0.2) is 0 Å². The number of aryl methyl sites for hydroxylation is 2. The molecule has 8 nitrogen and oxygen atoms in total. The van der Waals surface area contributed by atoms with Crippen LogP contribution < -0.4 is 11.1 Å². The van der Waals surface area contributed by atoms with Gasteiger partial charge in [-0.1, -0.05) is 0 Å². The van der Waals surface area contributed by atoms with Crippen LogP contribution >= 0.6 is 0 Å². The Hall–Kier alpha value is -2.48. The summed E-state index contributed by atoms with van der Waals surface area (Å²) in [5, 5.41) is 7.13. The van der Waals surface area contributed by atoms with Crippen molar-refractivity contribution in [1.29, 1.82) is 0 Å². The van der Waals surface area contributed by atoms with Crippen molar-refractivity contribution in [2.24, 2.45) is 7.05 Å². The van der Waals surface area contributed by atoms with Gasteiger partial charge in [-0.15, -0.1) is 0 Å². The summed E-state index contributed by atoms with van der Waals surface area (Å²) in [5.41, 5.74) is 8.83. The number of ether oxygens (including phenoxy) is 1. The minimum Gasteiger partial charge on any atom is -0.382 e. The summed E-state index contributed by atoms with van der Waals surface area (Å²) < 4.78 is 6.96. The third kappa shape index (κ3) is 3.23. The molecular formula is C16H22N6O2.